The van der Waals surface area contributed by atoms with E-state index in [0.29, 0.717) is 12.1 Å². The third-order valence-corrected chi connectivity index (χ3v) is 2.98. The summed E-state index contributed by atoms with van der Waals surface area (Å²) in [5, 5.41) is 43.3. The zero-order valence-electron chi connectivity index (χ0n) is 13.6. The van der Waals surface area contributed by atoms with Crippen molar-refractivity contribution in [2.75, 3.05) is 0 Å². The fourth-order valence-corrected chi connectivity index (χ4v) is 2.04. The maximum atomic E-state index is 11.1. The second-order valence-corrected chi connectivity index (χ2v) is 4.29. The van der Waals surface area contributed by atoms with E-state index >= 15 is 0 Å². The fraction of sp³-hybridized carbons (Fsp3) is 0. The molecule has 0 spiro atoms. The van der Waals surface area contributed by atoms with Crippen molar-refractivity contribution in [1.29, 1.82) is 0 Å². The quantitative estimate of drug-likeness (QED) is 0.480. The van der Waals surface area contributed by atoms with Crippen molar-refractivity contribution < 1.29 is 128 Å². The van der Waals surface area contributed by atoms with E-state index in [2.05, 4.69) is 0 Å². The number of fused-ring (bicyclic) bond motifs is 1. The van der Waals surface area contributed by atoms with Crippen molar-refractivity contribution in [3.63, 3.8) is 0 Å². The molecule has 0 radical (unpaired) electrons. The van der Waals surface area contributed by atoms with E-state index in [1.54, 1.807) is 0 Å². The van der Waals surface area contributed by atoms with E-state index < -0.39 is 46.1 Å². The maximum Gasteiger partial charge on any atom is 1.00 e. The van der Waals surface area contributed by atoms with Gasteiger partial charge in [0.15, 0.2) is 0 Å². The van der Waals surface area contributed by atoms with Gasteiger partial charge < -0.3 is 39.6 Å². The molecule has 112 valence electrons. The monoisotopic (exact) mass is 369 g/mol. The number of carbonyl (C=O) groups excluding carboxylic acids is 4. The van der Waals surface area contributed by atoms with Crippen molar-refractivity contribution in [3.8, 4) is 0 Å². The van der Waals surface area contributed by atoms with Gasteiger partial charge in [0.05, 0.1) is 23.9 Å². The Morgan fingerprint density at radius 1 is 0.520 bits per heavy atom. The van der Waals surface area contributed by atoms with Crippen LogP contribution in [-0.4, -0.2) is 23.9 Å². The minimum Gasteiger partial charge on any atom is -0.545 e. The van der Waals surface area contributed by atoms with Gasteiger partial charge in [-0.3, -0.25) is 0 Å². The summed E-state index contributed by atoms with van der Waals surface area (Å²) in [5.41, 5.74) is -2.59. The summed E-state index contributed by atoms with van der Waals surface area (Å²) in [6.45, 7) is 0. The molecule has 0 aliphatic carbocycles. The molecule has 0 fully saturated rings. The van der Waals surface area contributed by atoms with Gasteiger partial charge in [0, 0.05) is 11.1 Å². The van der Waals surface area contributed by atoms with E-state index in [1.165, 1.54) is 0 Å². The number of aromatic carboxylic acids is 4. The Labute approximate surface area is 207 Å². The third kappa shape index (κ3) is 5.78. The van der Waals surface area contributed by atoms with Crippen LogP contribution in [0.3, 0.4) is 0 Å². The third-order valence-electron chi connectivity index (χ3n) is 2.98. The SMILES string of the molecule is O=C([O-])c1cc(C(=O)[O-])c2cc(C(=O)[O-])cc(C(=O)[O-])c2c1.[Na+].[Na+].[Na+]. The Morgan fingerprint density at radius 3 is 1.00 bits per heavy atom. The molecule has 0 aliphatic heterocycles. The minimum absolute atomic E-state index is 0. The van der Waals surface area contributed by atoms with Gasteiger partial charge >= 0.3 is 88.7 Å². The molecule has 0 atom stereocenters. The summed E-state index contributed by atoms with van der Waals surface area (Å²) in [7, 11) is 0. The Hall–Kier alpha value is -0.420. The van der Waals surface area contributed by atoms with Crippen LogP contribution in [0.4, 0.5) is 0 Å². The first-order valence-electron chi connectivity index (χ1n) is 5.69. The van der Waals surface area contributed by atoms with Crippen LogP contribution in [0.15, 0.2) is 24.3 Å². The molecule has 0 aromatic heterocycles. The van der Waals surface area contributed by atoms with Gasteiger partial charge in [-0.1, -0.05) is 0 Å². The second kappa shape index (κ2) is 10.7. The molecule has 0 aliphatic rings. The molecule has 2 aromatic carbocycles. The Bertz CT molecular complexity index is 792. The first kappa shape index (κ1) is 26.8. The van der Waals surface area contributed by atoms with Crippen LogP contribution in [0, 0.1) is 0 Å². The van der Waals surface area contributed by atoms with Crippen LogP contribution in [0.5, 0.6) is 0 Å². The minimum atomic E-state index is -1.81. The zero-order valence-corrected chi connectivity index (χ0v) is 19.6. The summed E-state index contributed by atoms with van der Waals surface area (Å²) in [6, 6.07) is 3.07. The number of carbonyl (C=O) groups is 4. The molecule has 25 heavy (non-hydrogen) atoms. The molecule has 0 bridgehead atoms. The van der Waals surface area contributed by atoms with Crippen molar-refractivity contribution in [3.05, 3.63) is 46.5 Å². The van der Waals surface area contributed by atoms with Gasteiger partial charge in [-0.05, 0) is 46.2 Å². The largest absolute Gasteiger partial charge is 1.00 e. The molecule has 0 unspecified atom stereocenters. The molecule has 8 nitrogen and oxygen atoms in total. The van der Waals surface area contributed by atoms with E-state index in [1.807, 2.05) is 0 Å². The van der Waals surface area contributed by atoms with Crippen molar-refractivity contribution in [2.45, 2.75) is 0 Å². The van der Waals surface area contributed by atoms with E-state index in [0.717, 1.165) is 12.1 Å². The van der Waals surface area contributed by atoms with Gasteiger partial charge in [-0.15, -0.1) is 0 Å². The summed E-state index contributed by atoms with van der Waals surface area (Å²) < 4.78 is 0. The van der Waals surface area contributed by atoms with Crippen LogP contribution in [-0.2, 0) is 0 Å². The average Bonchev–Trinajstić information content (AvgIpc) is 2.44. The predicted octanol–water partition coefficient (Wildman–Crippen LogP) is -12.7. The standard InChI is InChI=1S/C14H8O8.3Na/c15-11(16)5-1-7-8(10(3-5)14(21)22)2-6(12(17)18)4-9(7)13(19)20;;;/h1-4H,(H,15,16)(H,17,18)(H,19,20)(H,21,22);;;/q;3*+1/p-4. The molecular formula is C14H4Na3O8-. The van der Waals surface area contributed by atoms with E-state index in [-0.39, 0.29) is 99.4 Å². The van der Waals surface area contributed by atoms with Gasteiger partial charge in [0.2, 0.25) is 0 Å². The summed E-state index contributed by atoms with van der Waals surface area (Å²) in [4.78, 5) is 44.0. The normalized spacial score (nSPS) is 9.12. The number of hydrogen-bond donors (Lipinski definition) is 0. The first-order chi connectivity index (χ1) is 10.2. The summed E-state index contributed by atoms with van der Waals surface area (Å²) in [6.07, 6.45) is 0. The molecule has 11 heteroatoms. The van der Waals surface area contributed by atoms with E-state index in [9.17, 15) is 39.6 Å². The van der Waals surface area contributed by atoms with Gasteiger partial charge in [-0.2, -0.15) is 0 Å². The van der Waals surface area contributed by atoms with E-state index in [4.69, 9.17) is 0 Å². The number of carboxylic acids is 4. The first-order valence-corrected chi connectivity index (χ1v) is 5.69. The van der Waals surface area contributed by atoms with Gasteiger partial charge in [0.1, 0.15) is 0 Å². The molecular weight excluding hydrogens is 365 g/mol. The summed E-state index contributed by atoms with van der Waals surface area (Å²) in [5.74, 6) is -7.10. The Morgan fingerprint density at radius 2 is 0.800 bits per heavy atom. The van der Waals surface area contributed by atoms with Gasteiger partial charge in [0.25, 0.3) is 0 Å². The number of carboxylic acid groups (broad SMARTS) is 4. The molecule has 0 N–H and O–H groups in total. The molecule has 0 saturated carbocycles. The van der Waals surface area contributed by atoms with Crippen molar-refractivity contribution in [1.82, 2.24) is 0 Å². The predicted molar refractivity (Wildman–Crippen MR) is 61.3 cm³/mol. The average molecular weight is 369 g/mol. The Balaban J connectivity index is 0. The number of rotatable bonds is 4. The topological polar surface area (TPSA) is 161 Å². The molecule has 0 heterocycles. The smallest absolute Gasteiger partial charge is 0.545 e. The molecule has 2 aromatic rings. The fourth-order valence-electron chi connectivity index (χ4n) is 2.04. The molecule has 0 saturated heterocycles. The molecule has 0 amide bonds. The number of hydrogen-bond acceptors (Lipinski definition) is 8. The van der Waals surface area contributed by atoms with Crippen LogP contribution in [0.1, 0.15) is 41.4 Å². The van der Waals surface area contributed by atoms with Gasteiger partial charge in [-0.25, -0.2) is 0 Å². The number of benzene rings is 2. The summed E-state index contributed by atoms with van der Waals surface area (Å²) >= 11 is 0. The maximum absolute atomic E-state index is 11.1. The van der Waals surface area contributed by atoms with Crippen LogP contribution in [0.2, 0.25) is 0 Å². The van der Waals surface area contributed by atoms with Crippen LogP contribution < -0.4 is 109 Å². The van der Waals surface area contributed by atoms with Crippen molar-refractivity contribution >= 4 is 34.6 Å². The molecule has 2 rings (SSSR count). The van der Waals surface area contributed by atoms with Crippen LogP contribution >= 0.6 is 0 Å². The Kier molecular flexibility index (Phi) is 11.4. The van der Waals surface area contributed by atoms with Crippen LogP contribution in [0.25, 0.3) is 10.8 Å². The zero-order chi connectivity index (χ0) is 16.6. The van der Waals surface area contributed by atoms with Crippen molar-refractivity contribution in [2.24, 2.45) is 0 Å². The second-order valence-electron chi connectivity index (χ2n) is 4.29.